The Kier molecular flexibility index (Phi) is 4.79. The molecule has 0 radical (unpaired) electrons. The number of rotatable bonds is 6. The molecular weight excluding hydrogens is 328 g/mol. The van der Waals surface area contributed by atoms with Crippen molar-refractivity contribution >= 4 is 32.7 Å². The second-order valence-electron chi connectivity index (χ2n) is 5.11. The predicted molar refractivity (Wildman–Crippen MR) is 79.2 cm³/mol. The summed E-state index contributed by atoms with van der Waals surface area (Å²) in [5.74, 6) is 0.939. The van der Waals surface area contributed by atoms with E-state index in [2.05, 4.69) is 15.9 Å². The maximum absolute atomic E-state index is 12.2. The largest absolute Gasteiger partial charge is 0.469 e. The van der Waals surface area contributed by atoms with E-state index in [9.17, 15) is 9.00 Å². The number of hydrogen-bond acceptors (Lipinski definition) is 3. The topological polar surface area (TPSA) is 43.4 Å². The van der Waals surface area contributed by atoms with Gasteiger partial charge in [-0.3, -0.25) is 9.00 Å². The first-order valence-corrected chi connectivity index (χ1v) is 8.47. The minimum absolute atomic E-state index is 0.0655. The molecule has 0 heterocycles. The summed E-state index contributed by atoms with van der Waals surface area (Å²) < 4.78 is 17.9. The second-order valence-corrected chi connectivity index (χ2v) is 7.48. The first-order chi connectivity index (χ1) is 9.03. The molecule has 0 N–H and O–H groups in total. The van der Waals surface area contributed by atoms with Gasteiger partial charge in [-0.25, -0.2) is 0 Å². The van der Waals surface area contributed by atoms with Gasteiger partial charge in [0, 0.05) is 26.8 Å². The van der Waals surface area contributed by atoms with Crippen LogP contribution < -0.4 is 0 Å². The third-order valence-corrected chi connectivity index (χ3v) is 5.47. The van der Waals surface area contributed by atoms with E-state index in [0.717, 1.165) is 22.9 Å². The van der Waals surface area contributed by atoms with Gasteiger partial charge in [0.15, 0.2) is 0 Å². The second kappa shape index (κ2) is 6.18. The molecule has 0 bridgehead atoms. The van der Waals surface area contributed by atoms with Gasteiger partial charge < -0.3 is 4.74 Å². The molecule has 0 saturated heterocycles. The van der Waals surface area contributed by atoms with Gasteiger partial charge in [-0.2, -0.15) is 0 Å². The molecule has 1 aliphatic carbocycles. The molecule has 1 aliphatic rings. The van der Waals surface area contributed by atoms with E-state index in [1.54, 1.807) is 0 Å². The van der Waals surface area contributed by atoms with Crippen LogP contribution in [0.25, 0.3) is 0 Å². The van der Waals surface area contributed by atoms with Gasteiger partial charge in [-0.1, -0.05) is 28.1 Å². The zero-order chi connectivity index (χ0) is 13.9. The summed E-state index contributed by atoms with van der Waals surface area (Å²) in [5, 5.41) is 0. The van der Waals surface area contributed by atoms with Crippen LogP contribution in [-0.2, 0) is 26.1 Å². The third-order valence-electron chi connectivity index (χ3n) is 3.39. The number of methoxy groups -OCH3 is 1. The standard InChI is InChI=1S/C14H17BrO3S/c1-18-13(16)8-14(5-6-14)10-19(17)9-11-3-2-4-12(15)7-11/h2-4,7H,5-6,8-10H2,1H3. The predicted octanol–water partition coefficient (Wildman–Crippen LogP) is 3.04. The lowest BCUT2D eigenvalue weighted by molar-refractivity contribution is -0.141. The molecule has 1 aromatic rings. The van der Waals surface area contributed by atoms with Crippen LogP contribution in [0.2, 0.25) is 0 Å². The van der Waals surface area contributed by atoms with Crippen molar-refractivity contribution in [2.45, 2.75) is 25.0 Å². The lowest BCUT2D eigenvalue weighted by Crippen LogP contribution is -2.18. The molecule has 19 heavy (non-hydrogen) atoms. The van der Waals surface area contributed by atoms with Gasteiger partial charge in [-0.05, 0) is 36.0 Å². The minimum atomic E-state index is -0.933. The van der Waals surface area contributed by atoms with Crippen LogP contribution in [0.4, 0.5) is 0 Å². The molecule has 1 aromatic carbocycles. The average Bonchev–Trinajstić information content (AvgIpc) is 3.08. The van der Waals surface area contributed by atoms with Gasteiger partial charge in [-0.15, -0.1) is 0 Å². The lowest BCUT2D eigenvalue weighted by atomic mass is 10.1. The Bertz CT molecular complexity index is 497. The van der Waals surface area contributed by atoms with Crippen LogP contribution in [-0.4, -0.2) is 23.0 Å². The van der Waals surface area contributed by atoms with Gasteiger partial charge in [0.2, 0.25) is 0 Å². The normalized spacial score (nSPS) is 17.8. The van der Waals surface area contributed by atoms with Crippen molar-refractivity contribution in [3.63, 3.8) is 0 Å². The number of halogens is 1. The molecule has 0 spiro atoms. The van der Waals surface area contributed by atoms with Gasteiger partial charge in [0.05, 0.1) is 13.5 Å². The zero-order valence-electron chi connectivity index (χ0n) is 10.9. The number of benzene rings is 1. The van der Waals surface area contributed by atoms with Crippen molar-refractivity contribution in [3.8, 4) is 0 Å². The molecule has 1 unspecified atom stereocenters. The summed E-state index contributed by atoms with van der Waals surface area (Å²) in [6, 6.07) is 7.85. The van der Waals surface area contributed by atoms with E-state index >= 15 is 0 Å². The smallest absolute Gasteiger partial charge is 0.306 e. The summed E-state index contributed by atoms with van der Waals surface area (Å²) in [4.78, 5) is 11.3. The summed E-state index contributed by atoms with van der Waals surface area (Å²) >= 11 is 3.41. The van der Waals surface area contributed by atoms with Gasteiger partial charge in [0.25, 0.3) is 0 Å². The van der Waals surface area contributed by atoms with Crippen molar-refractivity contribution in [3.05, 3.63) is 34.3 Å². The molecule has 1 saturated carbocycles. The van der Waals surface area contributed by atoms with Gasteiger partial charge >= 0.3 is 5.97 Å². The molecule has 2 rings (SSSR count). The Morgan fingerprint density at radius 1 is 1.47 bits per heavy atom. The van der Waals surface area contributed by atoms with Crippen LogP contribution in [0.15, 0.2) is 28.7 Å². The fourth-order valence-electron chi connectivity index (χ4n) is 2.13. The fourth-order valence-corrected chi connectivity index (χ4v) is 4.31. The molecule has 1 fully saturated rings. The Labute approximate surface area is 124 Å². The van der Waals surface area contributed by atoms with Crippen molar-refractivity contribution in [2.24, 2.45) is 5.41 Å². The zero-order valence-corrected chi connectivity index (χ0v) is 13.3. The maximum Gasteiger partial charge on any atom is 0.306 e. The molecule has 0 aliphatic heterocycles. The van der Waals surface area contributed by atoms with Gasteiger partial charge in [0.1, 0.15) is 0 Å². The van der Waals surface area contributed by atoms with Crippen LogP contribution in [0.1, 0.15) is 24.8 Å². The SMILES string of the molecule is COC(=O)CC1(CS(=O)Cc2cccc(Br)c2)CC1. The first-order valence-electron chi connectivity index (χ1n) is 6.19. The number of hydrogen-bond donors (Lipinski definition) is 0. The fraction of sp³-hybridized carbons (Fsp3) is 0.500. The van der Waals surface area contributed by atoms with E-state index in [4.69, 9.17) is 4.74 Å². The minimum Gasteiger partial charge on any atom is -0.469 e. The molecule has 3 nitrogen and oxygen atoms in total. The maximum atomic E-state index is 12.2. The number of ether oxygens (including phenoxy) is 1. The molecule has 104 valence electrons. The van der Waals surface area contributed by atoms with E-state index in [1.807, 2.05) is 24.3 Å². The van der Waals surface area contributed by atoms with E-state index in [1.165, 1.54) is 7.11 Å². The Morgan fingerprint density at radius 3 is 2.79 bits per heavy atom. The summed E-state index contributed by atoms with van der Waals surface area (Å²) in [6.45, 7) is 0. The summed E-state index contributed by atoms with van der Waals surface area (Å²) in [5.41, 5.74) is 0.992. The highest BCUT2D eigenvalue weighted by atomic mass is 79.9. The lowest BCUT2D eigenvalue weighted by Gasteiger charge is -2.13. The highest BCUT2D eigenvalue weighted by Gasteiger charge is 2.45. The van der Waals surface area contributed by atoms with Crippen LogP contribution in [0, 0.1) is 5.41 Å². The van der Waals surface area contributed by atoms with E-state index < -0.39 is 10.8 Å². The van der Waals surface area contributed by atoms with E-state index in [-0.39, 0.29) is 11.4 Å². The number of carbonyl (C=O) groups excluding carboxylic acids is 1. The monoisotopic (exact) mass is 344 g/mol. The summed E-state index contributed by atoms with van der Waals surface area (Å²) in [7, 11) is 0.466. The Balaban J connectivity index is 1.89. The average molecular weight is 345 g/mol. The van der Waals surface area contributed by atoms with Crippen LogP contribution >= 0.6 is 15.9 Å². The highest BCUT2D eigenvalue weighted by Crippen LogP contribution is 2.49. The van der Waals surface area contributed by atoms with Crippen LogP contribution in [0.5, 0.6) is 0 Å². The van der Waals surface area contributed by atoms with Crippen molar-refractivity contribution < 1.29 is 13.7 Å². The Morgan fingerprint density at radius 2 is 2.21 bits per heavy atom. The number of esters is 1. The molecule has 1 atom stereocenters. The highest BCUT2D eigenvalue weighted by molar-refractivity contribution is 9.10. The van der Waals surface area contributed by atoms with Crippen molar-refractivity contribution in [1.29, 1.82) is 0 Å². The van der Waals surface area contributed by atoms with Crippen LogP contribution in [0.3, 0.4) is 0 Å². The molecule has 0 aromatic heterocycles. The third kappa shape index (κ3) is 4.42. The van der Waals surface area contributed by atoms with Crippen molar-refractivity contribution in [1.82, 2.24) is 0 Å². The molecule has 0 amide bonds. The Hall–Kier alpha value is -0.680. The molecule has 5 heteroatoms. The molecular formula is C14H17BrO3S. The number of carbonyl (C=O) groups is 1. The van der Waals surface area contributed by atoms with Crippen molar-refractivity contribution in [2.75, 3.05) is 12.9 Å². The quantitative estimate of drug-likeness (QED) is 0.745. The summed E-state index contributed by atoms with van der Waals surface area (Å²) in [6.07, 6.45) is 2.35. The first kappa shape index (κ1) is 14.7. The van der Waals surface area contributed by atoms with E-state index in [0.29, 0.717) is 17.9 Å².